The van der Waals surface area contributed by atoms with E-state index in [2.05, 4.69) is 26.2 Å². The fraction of sp³-hybridized carbons (Fsp3) is 0.250. The summed E-state index contributed by atoms with van der Waals surface area (Å²) in [4.78, 5) is 15.0. The molecule has 3 nitrogen and oxygen atoms in total. The van der Waals surface area contributed by atoms with E-state index in [0.717, 1.165) is 10.3 Å². The van der Waals surface area contributed by atoms with E-state index in [4.69, 9.17) is 0 Å². The summed E-state index contributed by atoms with van der Waals surface area (Å²) in [5, 5.41) is 2.89. The van der Waals surface area contributed by atoms with Gasteiger partial charge in [-0.2, -0.15) is 0 Å². The molecule has 0 atom stereocenters. The maximum absolute atomic E-state index is 10.9. The second kappa shape index (κ2) is 3.67. The van der Waals surface area contributed by atoms with Crippen molar-refractivity contribution >= 4 is 27.5 Å². The molecule has 12 heavy (non-hydrogen) atoms. The fourth-order valence-corrected chi connectivity index (χ4v) is 1.36. The Labute approximate surface area is 79.3 Å². The first kappa shape index (κ1) is 9.19. The van der Waals surface area contributed by atoms with Crippen molar-refractivity contribution < 1.29 is 4.79 Å². The molecule has 0 aliphatic rings. The smallest absolute Gasteiger partial charge is 0.161 e. The van der Waals surface area contributed by atoms with Crippen molar-refractivity contribution in [3.05, 3.63) is 22.3 Å². The Bertz CT molecular complexity index is 312. The van der Waals surface area contributed by atoms with Crippen LogP contribution >= 0.6 is 15.9 Å². The third-order valence-corrected chi connectivity index (χ3v) is 2.09. The number of Topliss-reactive ketones (excluding diaryl/α,β-unsaturated/α-hetero) is 1. The monoisotopic (exact) mass is 228 g/mol. The summed E-state index contributed by atoms with van der Waals surface area (Å²) >= 11 is 3.30. The van der Waals surface area contributed by atoms with Crippen molar-refractivity contribution in [2.24, 2.45) is 0 Å². The highest BCUT2D eigenvalue weighted by atomic mass is 79.9. The van der Waals surface area contributed by atoms with Crippen LogP contribution in [-0.2, 0) is 0 Å². The van der Waals surface area contributed by atoms with Crippen molar-refractivity contribution in [2.75, 3.05) is 12.4 Å². The van der Waals surface area contributed by atoms with Gasteiger partial charge in [0.1, 0.15) is 5.82 Å². The molecule has 0 saturated carbocycles. The molecule has 1 aromatic heterocycles. The predicted octanol–water partition coefficient (Wildman–Crippen LogP) is 2.09. The van der Waals surface area contributed by atoms with Crippen LogP contribution in [0.5, 0.6) is 0 Å². The van der Waals surface area contributed by atoms with E-state index in [1.54, 1.807) is 19.3 Å². The van der Waals surface area contributed by atoms with Crippen LogP contribution in [0.2, 0.25) is 0 Å². The lowest BCUT2D eigenvalue weighted by Gasteiger charge is -2.02. The largest absolute Gasteiger partial charge is 0.372 e. The summed E-state index contributed by atoms with van der Waals surface area (Å²) in [5.74, 6) is 0.755. The number of nitrogens with zero attached hydrogens (tertiary/aromatic N) is 1. The minimum Gasteiger partial charge on any atom is -0.372 e. The van der Waals surface area contributed by atoms with E-state index in [9.17, 15) is 4.79 Å². The molecule has 0 fully saturated rings. The predicted molar refractivity (Wildman–Crippen MR) is 51.5 cm³/mol. The van der Waals surface area contributed by atoms with Gasteiger partial charge in [0.2, 0.25) is 0 Å². The van der Waals surface area contributed by atoms with Crippen LogP contribution in [0.1, 0.15) is 17.3 Å². The van der Waals surface area contributed by atoms with E-state index < -0.39 is 0 Å². The molecule has 1 rings (SSSR count). The number of carbonyl (C=O) groups is 1. The quantitative estimate of drug-likeness (QED) is 0.789. The first-order valence-electron chi connectivity index (χ1n) is 3.49. The van der Waals surface area contributed by atoms with Crippen LogP contribution in [0.25, 0.3) is 0 Å². The topological polar surface area (TPSA) is 42.0 Å². The van der Waals surface area contributed by atoms with Crippen LogP contribution in [0.4, 0.5) is 5.82 Å². The molecule has 0 amide bonds. The Balaban J connectivity index is 3.10. The highest BCUT2D eigenvalue weighted by Gasteiger charge is 2.03. The summed E-state index contributed by atoms with van der Waals surface area (Å²) in [6, 6.07) is 1.75. The third kappa shape index (κ3) is 1.82. The molecule has 0 aromatic carbocycles. The SMILES string of the molecule is CNc1ncc(C(C)=O)cc1Br. The minimum atomic E-state index is 0.0193. The normalized spacial score (nSPS) is 9.58. The van der Waals surface area contributed by atoms with Crippen molar-refractivity contribution in [1.29, 1.82) is 0 Å². The standard InChI is InChI=1S/C8H9BrN2O/c1-5(12)6-3-7(9)8(10-2)11-4-6/h3-4H,1-2H3,(H,10,11). The van der Waals surface area contributed by atoms with Gasteiger partial charge in [0.15, 0.2) is 5.78 Å². The van der Waals surface area contributed by atoms with Crippen LogP contribution in [-0.4, -0.2) is 17.8 Å². The van der Waals surface area contributed by atoms with Crippen LogP contribution in [0.15, 0.2) is 16.7 Å². The van der Waals surface area contributed by atoms with E-state index in [0.29, 0.717) is 5.56 Å². The molecule has 0 radical (unpaired) electrons. The van der Waals surface area contributed by atoms with Gasteiger partial charge in [-0.15, -0.1) is 0 Å². The number of rotatable bonds is 2. The highest BCUT2D eigenvalue weighted by molar-refractivity contribution is 9.10. The summed E-state index contributed by atoms with van der Waals surface area (Å²) in [5.41, 5.74) is 0.612. The molecule has 0 unspecified atom stereocenters. The second-order valence-corrected chi connectivity index (χ2v) is 3.21. The number of hydrogen-bond acceptors (Lipinski definition) is 3. The fourth-order valence-electron chi connectivity index (χ4n) is 0.814. The Morgan fingerprint density at radius 3 is 2.75 bits per heavy atom. The van der Waals surface area contributed by atoms with Crippen LogP contribution in [0.3, 0.4) is 0 Å². The van der Waals surface area contributed by atoms with Gasteiger partial charge in [0.05, 0.1) is 4.47 Å². The number of anilines is 1. The molecule has 0 saturated heterocycles. The first-order chi connectivity index (χ1) is 5.65. The molecule has 1 aromatic rings. The molecular formula is C8H9BrN2O. The molecule has 0 bridgehead atoms. The van der Waals surface area contributed by atoms with Crippen LogP contribution in [0, 0.1) is 0 Å². The molecule has 64 valence electrons. The zero-order chi connectivity index (χ0) is 9.14. The number of hydrogen-bond donors (Lipinski definition) is 1. The number of carbonyl (C=O) groups excluding carboxylic acids is 1. The second-order valence-electron chi connectivity index (χ2n) is 2.36. The molecular weight excluding hydrogens is 220 g/mol. The Morgan fingerprint density at radius 1 is 1.67 bits per heavy atom. The molecule has 1 heterocycles. The van der Waals surface area contributed by atoms with Gasteiger partial charge >= 0.3 is 0 Å². The Kier molecular flexibility index (Phi) is 2.81. The van der Waals surface area contributed by atoms with Gasteiger partial charge in [-0.05, 0) is 28.9 Å². The number of halogens is 1. The van der Waals surface area contributed by atoms with E-state index in [1.165, 1.54) is 6.92 Å². The maximum atomic E-state index is 10.9. The Morgan fingerprint density at radius 2 is 2.33 bits per heavy atom. The molecule has 0 aliphatic carbocycles. The average molecular weight is 229 g/mol. The lowest BCUT2D eigenvalue weighted by molar-refractivity contribution is 0.101. The van der Waals surface area contributed by atoms with E-state index in [-0.39, 0.29) is 5.78 Å². The van der Waals surface area contributed by atoms with Crippen molar-refractivity contribution in [3.63, 3.8) is 0 Å². The third-order valence-electron chi connectivity index (χ3n) is 1.48. The van der Waals surface area contributed by atoms with Crippen molar-refractivity contribution in [2.45, 2.75) is 6.92 Å². The van der Waals surface area contributed by atoms with Gasteiger partial charge in [-0.1, -0.05) is 0 Å². The minimum absolute atomic E-state index is 0.0193. The van der Waals surface area contributed by atoms with Gasteiger partial charge in [-0.25, -0.2) is 4.98 Å². The molecule has 1 N–H and O–H groups in total. The van der Waals surface area contributed by atoms with Crippen molar-refractivity contribution in [3.8, 4) is 0 Å². The zero-order valence-electron chi connectivity index (χ0n) is 6.89. The first-order valence-corrected chi connectivity index (χ1v) is 4.28. The van der Waals surface area contributed by atoms with Gasteiger partial charge < -0.3 is 5.32 Å². The van der Waals surface area contributed by atoms with Gasteiger partial charge in [0.25, 0.3) is 0 Å². The maximum Gasteiger partial charge on any atom is 0.161 e. The van der Waals surface area contributed by atoms with Gasteiger partial charge in [0, 0.05) is 18.8 Å². The van der Waals surface area contributed by atoms with Crippen LogP contribution < -0.4 is 5.32 Å². The van der Waals surface area contributed by atoms with Gasteiger partial charge in [-0.3, -0.25) is 4.79 Å². The zero-order valence-corrected chi connectivity index (χ0v) is 8.47. The highest BCUT2D eigenvalue weighted by Crippen LogP contribution is 2.20. The lowest BCUT2D eigenvalue weighted by atomic mass is 10.2. The molecule has 4 heteroatoms. The van der Waals surface area contributed by atoms with E-state index in [1.807, 2.05) is 0 Å². The average Bonchev–Trinajstić information content (AvgIpc) is 2.04. The Hall–Kier alpha value is -0.900. The molecule has 0 aliphatic heterocycles. The lowest BCUT2D eigenvalue weighted by Crippen LogP contribution is -1.98. The summed E-state index contributed by atoms with van der Waals surface area (Å²) < 4.78 is 0.803. The summed E-state index contributed by atoms with van der Waals surface area (Å²) in [7, 11) is 1.78. The number of pyridine rings is 1. The summed E-state index contributed by atoms with van der Waals surface area (Å²) in [6.45, 7) is 1.52. The summed E-state index contributed by atoms with van der Waals surface area (Å²) in [6.07, 6.45) is 1.55. The number of aromatic nitrogens is 1. The van der Waals surface area contributed by atoms with Crippen molar-refractivity contribution in [1.82, 2.24) is 4.98 Å². The number of ketones is 1. The number of nitrogens with one attached hydrogen (secondary N) is 1. The molecule has 0 spiro atoms. The van der Waals surface area contributed by atoms with E-state index >= 15 is 0 Å².